The van der Waals surface area contributed by atoms with Crippen molar-refractivity contribution < 1.29 is 0 Å². The lowest BCUT2D eigenvalue weighted by molar-refractivity contribution is 0.350. The van der Waals surface area contributed by atoms with Crippen molar-refractivity contribution in [3.63, 3.8) is 0 Å². The monoisotopic (exact) mass is 310 g/mol. The number of hydrogen-bond acceptors (Lipinski definition) is 2. The molecule has 100 valence electrons. The highest BCUT2D eigenvalue weighted by molar-refractivity contribution is 9.10. The highest BCUT2D eigenvalue weighted by atomic mass is 79.9. The van der Waals surface area contributed by atoms with E-state index >= 15 is 0 Å². The molecule has 3 heteroatoms. The molecule has 1 aromatic carbocycles. The Morgan fingerprint density at radius 3 is 2.67 bits per heavy atom. The molecule has 1 aliphatic rings. The van der Waals surface area contributed by atoms with Crippen LogP contribution in [0.3, 0.4) is 0 Å². The summed E-state index contributed by atoms with van der Waals surface area (Å²) >= 11 is 3.52. The number of nitrogens with one attached hydrogen (secondary N) is 1. The molecule has 18 heavy (non-hydrogen) atoms. The van der Waals surface area contributed by atoms with Crippen molar-refractivity contribution in [1.82, 2.24) is 0 Å². The maximum Gasteiger partial charge on any atom is 0.0526 e. The fourth-order valence-corrected chi connectivity index (χ4v) is 3.87. The van der Waals surface area contributed by atoms with E-state index in [1.54, 1.807) is 0 Å². The average molecular weight is 311 g/mol. The van der Waals surface area contributed by atoms with Crippen LogP contribution in [0.2, 0.25) is 0 Å². The molecule has 1 aliphatic carbocycles. The summed E-state index contributed by atoms with van der Waals surface area (Å²) in [6.07, 6.45) is 2.36. The summed E-state index contributed by atoms with van der Waals surface area (Å²) in [6.45, 7) is 7.67. The molecule has 2 unspecified atom stereocenters. The number of anilines is 1. The molecule has 0 aromatic heterocycles. The lowest BCUT2D eigenvalue weighted by atomic mass is 9.86. The summed E-state index contributed by atoms with van der Waals surface area (Å²) in [6, 6.07) is 8.33. The van der Waals surface area contributed by atoms with E-state index in [1.165, 1.54) is 6.42 Å². The lowest BCUT2D eigenvalue weighted by Gasteiger charge is -2.35. The van der Waals surface area contributed by atoms with Gasteiger partial charge < -0.3 is 11.1 Å². The summed E-state index contributed by atoms with van der Waals surface area (Å²) in [5.41, 5.74) is 7.65. The SMILES string of the molecule is CC1CC(C)(C)CC1(CN)Nc1cccc(Br)c1. The van der Waals surface area contributed by atoms with Crippen LogP contribution in [0.1, 0.15) is 33.6 Å². The first kappa shape index (κ1) is 13.9. The van der Waals surface area contributed by atoms with Crippen molar-refractivity contribution in [2.75, 3.05) is 11.9 Å². The Balaban J connectivity index is 2.24. The van der Waals surface area contributed by atoms with Gasteiger partial charge in [0.25, 0.3) is 0 Å². The van der Waals surface area contributed by atoms with Crippen molar-refractivity contribution in [3.8, 4) is 0 Å². The Morgan fingerprint density at radius 2 is 2.17 bits per heavy atom. The summed E-state index contributed by atoms with van der Waals surface area (Å²) < 4.78 is 1.10. The van der Waals surface area contributed by atoms with Gasteiger partial charge in [-0.25, -0.2) is 0 Å². The molecule has 0 bridgehead atoms. The predicted molar refractivity (Wildman–Crippen MR) is 81.7 cm³/mol. The highest BCUT2D eigenvalue weighted by Crippen LogP contribution is 2.48. The Hall–Kier alpha value is -0.540. The van der Waals surface area contributed by atoms with Crippen LogP contribution in [0, 0.1) is 11.3 Å². The molecule has 0 amide bonds. The minimum absolute atomic E-state index is 0.0320. The molecule has 1 fully saturated rings. The summed E-state index contributed by atoms with van der Waals surface area (Å²) in [7, 11) is 0. The lowest BCUT2D eigenvalue weighted by Crippen LogP contribution is -2.48. The van der Waals surface area contributed by atoms with E-state index in [2.05, 4.69) is 60.2 Å². The molecule has 3 N–H and O–H groups in total. The molecule has 2 atom stereocenters. The Kier molecular flexibility index (Phi) is 3.75. The van der Waals surface area contributed by atoms with Crippen molar-refractivity contribution in [1.29, 1.82) is 0 Å². The van der Waals surface area contributed by atoms with E-state index in [0.717, 1.165) is 16.6 Å². The normalized spacial score (nSPS) is 30.4. The van der Waals surface area contributed by atoms with E-state index in [-0.39, 0.29) is 5.54 Å². The van der Waals surface area contributed by atoms with Crippen molar-refractivity contribution in [2.45, 2.75) is 39.2 Å². The van der Waals surface area contributed by atoms with E-state index in [0.29, 0.717) is 17.9 Å². The van der Waals surface area contributed by atoms with Gasteiger partial charge in [-0.2, -0.15) is 0 Å². The third-order valence-corrected chi connectivity index (χ3v) is 4.67. The number of rotatable bonds is 3. The Morgan fingerprint density at radius 1 is 1.44 bits per heavy atom. The predicted octanol–water partition coefficient (Wildman–Crippen LogP) is 4.01. The third-order valence-electron chi connectivity index (χ3n) is 4.18. The smallest absolute Gasteiger partial charge is 0.0526 e. The minimum Gasteiger partial charge on any atom is -0.378 e. The molecule has 2 nitrogen and oxygen atoms in total. The van der Waals surface area contributed by atoms with Gasteiger partial charge in [0.05, 0.1) is 5.54 Å². The molecule has 0 spiro atoms. The van der Waals surface area contributed by atoms with Crippen molar-refractivity contribution in [2.24, 2.45) is 17.1 Å². The fraction of sp³-hybridized carbons (Fsp3) is 0.600. The van der Waals surface area contributed by atoms with Gasteiger partial charge in [0.2, 0.25) is 0 Å². The van der Waals surface area contributed by atoms with Gasteiger partial charge in [0, 0.05) is 16.7 Å². The van der Waals surface area contributed by atoms with Gasteiger partial charge in [0.1, 0.15) is 0 Å². The number of halogens is 1. The van der Waals surface area contributed by atoms with Gasteiger partial charge in [-0.05, 0) is 42.4 Å². The van der Waals surface area contributed by atoms with Gasteiger partial charge in [-0.1, -0.05) is 42.8 Å². The molecule has 1 aromatic rings. The summed E-state index contributed by atoms with van der Waals surface area (Å²) in [4.78, 5) is 0. The maximum atomic E-state index is 6.09. The number of benzene rings is 1. The summed E-state index contributed by atoms with van der Waals surface area (Å²) in [5, 5.41) is 3.70. The Labute approximate surface area is 118 Å². The van der Waals surface area contributed by atoms with E-state index in [1.807, 2.05) is 6.07 Å². The zero-order valence-corrected chi connectivity index (χ0v) is 13.0. The largest absolute Gasteiger partial charge is 0.378 e. The maximum absolute atomic E-state index is 6.09. The van der Waals surface area contributed by atoms with Crippen LogP contribution in [0.15, 0.2) is 28.7 Å². The van der Waals surface area contributed by atoms with Crippen LogP contribution >= 0.6 is 15.9 Å². The third kappa shape index (κ3) is 2.72. The second-order valence-electron chi connectivity index (χ2n) is 6.44. The molecular weight excluding hydrogens is 288 g/mol. The molecule has 0 radical (unpaired) electrons. The second kappa shape index (κ2) is 4.86. The van der Waals surface area contributed by atoms with Crippen molar-refractivity contribution in [3.05, 3.63) is 28.7 Å². The minimum atomic E-state index is 0.0320. The van der Waals surface area contributed by atoms with Crippen LogP contribution in [0.25, 0.3) is 0 Å². The van der Waals surface area contributed by atoms with E-state index in [9.17, 15) is 0 Å². The first-order valence-corrected chi connectivity index (χ1v) is 7.40. The van der Waals surface area contributed by atoms with Gasteiger partial charge in [0.15, 0.2) is 0 Å². The van der Waals surface area contributed by atoms with Crippen molar-refractivity contribution >= 4 is 21.6 Å². The Bertz CT molecular complexity index is 430. The average Bonchev–Trinajstić information content (AvgIpc) is 2.49. The molecule has 1 saturated carbocycles. The van der Waals surface area contributed by atoms with Crippen LogP contribution in [0.4, 0.5) is 5.69 Å². The van der Waals surface area contributed by atoms with Crippen LogP contribution < -0.4 is 11.1 Å². The first-order chi connectivity index (χ1) is 8.37. The number of nitrogens with two attached hydrogens (primary N) is 1. The van der Waals surface area contributed by atoms with E-state index in [4.69, 9.17) is 5.73 Å². The quantitative estimate of drug-likeness (QED) is 0.885. The first-order valence-electron chi connectivity index (χ1n) is 6.61. The molecular formula is C15H23BrN2. The molecule has 0 heterocycles. The zero-order valence-electron chi connectivity index (χ0n) is 11.5. The number of hydrogen-bond donors (Lipinski definition) is 2. The van der Waals surface area contributed by atoms with E-state index < -0.39 is 0 Å². The van der Waals surface area contributed by atoms with Crippen LogP contribution in [0.5, 0.6) is 0 Å². The van der Waals surface area contributed by atoms with Crippen LogP contribution in [-0.2, 0) is 0 Å². The van der Waals surface area contributed by atoms with Gasteiger partial charge in [-0.15, -0.1) is 0 Å². The van der Waals surface area contributed by atoms with Gasteiger partial charge in [-0.3, -0.25) is 0 Å². The van der Waals surface area contributed by atoms with Crippen LogP contribution in [-0.4, -0.2) is 12.1 Å². The molecule has 0 saturated heterocycles. The molecule has 0 aliphatic heterocycles. The second-order valence-corrected chi connectivity index (χ2v) is 7.36. The summed E-state index contributed by atoms with van der Waals surface area (Å²) in [5.74, 6) is 0.594. The fourth-order valence-electron chi connectivity index (χ4n) is 3.47. The standard InChI is InChI=1S/C15H23BrN2/c1-11-8-14(2,3)9-15(11,10-17)18-13-6-4-5-12(16)7-13/h4-7,11,18H,8-10,17H2,1-3H3. The zero-order chi connectivity index (χ0) is 13.4. The molecule has 2 rings (SSSR count). The highest BCUT2D eigenvalue weighted by Gasteiger charge is 2.47. The van der Waals surface area contributed by atoms with Gasteiger partial charge >= 0.3 is 0 Å². The topological polar surface area (TPSA) is 38.0 Å².